The van der Waals surface area contributed by atoms with E-state index in [2.05, 4.69) is 20.3 Å². The van der Waals surface area contributed by atoms with Crippen LogP contribution in [-0.4, -0.2) is 36.7 Å². The molecule has 1 aliphatic carbocycles. The van der Waals surface area contributed by atoms with E-state index in [1.807, 2.05) is 48.0 Å². The number of methoxy groups -OCH3 is 1. The lowest BCUT2D eigenvalue weighted by atomic mass is 9.79. The lowest BCUT2D eigenvalue weighted by Crippen LogP contribution is -2.33. The number of nitrogens with zero attached hydrogens (tertiary/aromatic N) is 5. The molecule has 0 spiro atoms. The Morgan fingerprint density at radius 3 is 2.84 bits per heavy atom. The van der Waals surface area contributed by atoms with Gasteiger partial charge in [-0.3, -0.25) is 4.98 Å². The van der Waals surface area contributed by atoms with Gasteiger partial charge in [-0.15, -0.1) is 0 Å². The van der Waals surface area contributed by atoms with Crippen molar-refractivity contribution in [2.75, 3.05) is 12.4 Å². The standard InChI is InChI=1S/C24H24N6O2/c1-16-14-30(15-27-16)20-8-7-19(11-21(20)32-2)28-23-26-12-17-5-3-9-24(31,22(17)29-23)18-6-4-10-25-13-18/h4,6-8,10-15,31H,3,5,9H2,1-2H3,(H,26,28,29). The van der Waals surface area contributed by atoms with Crippen LogP contribution in [0, 0.1) is 6.92 Å². The molecule has 0 amide bonds. The summed E-state index contributed by atoms with van der Waals surface area (Å²) < 4.78 is 7.51. The Bertz CT molecular complexity index is 1260. The number of pyridine rings is 1. The summed E-state index contributed by atoms with van der Waals surface area (Å²) in [4.78, 5) is 17.7. The van der Waals surface area contributed by atoms with Crippen molar-refractivity contribution in [2.24, 2.45) is 0 Å². The predicted molar refractivity (Wildman–Crippen MR) is 120 cm³/mol. The van der Waals surface area contributed by atoms with Crippen molar-refractivity contribution in [1.29, 1.82) is 0 Å². The maximum atomic E-state index is 11.5. The van der Waals surface area contributed by atoms with E-state index in [-0.39, 0.29) is 0 Å². The van der Waals surface area contributed by atoms with Crippen LogP contribution in [0.1, 0.15) is 35.4 Å². The van der Waals surface area contributed by atoms with Crippen LogP contribution in [0.5, 0.6) is 5.75 Å². The summed E-state index contributed by atoms with van der Waals surface area (Å²) >= 11 is 0. The van der Waals surface area contributed by atoms with Crippen molar-refractivity contribution < 1.29 is 9.84 Å². The molecule has 0 bridgehead atoms. The minimum absolute atomic E-state index is 0.418. The quantitative estimate of drug-likeness (QED) is 0.500. The maximum Gasteiger partial charge on any atom is 0.227 e. The number of aliphatic hydroxyl groups is 1. The Morgan fingerprint density at radius 1 is 1.19 bits per heavy atom. The number of nitrogens with one attached hydrogen (secondary N) is 1. The Hall–Kier alpha value is -3.78. The van der Waals surface area contributed by atoms with Crippen molar-refractivity contribution in [1.82, 2.24) is 24.5 Å². The average molecular weight is 428 g/mol. The number of rotatable bonds is 5. The predicted octanol–water partition coefficient (Wildman–Crippen LogP) is 3.69. The molecular formula is C24H24N6O2. The fourth-order valence-corrected chi connectivity index (χ4v) is 4.20. The summed E-state index contributed by atoms with van der Waals surface area (Å²) in [7, 11) is 1.63. The molecule has 1 aromatic carbocycles. The highest BCUT2D eigenvalue weighted by molar-refractivity contribution is 5.62. The molecule has 0 saturated carbocycles. The third kappa shape index (κ3) is 3.58. The van der Waals surface area contributed by atoms with Gasteiger partial charge in [-0.25, -0.2) is 15.0 Å². The lowest BCUT2D eigenvalue weighted by Gasteiger charge is -2.33. The molecule has 1 atom stereocenters. The summed E-state index contributed by atoms with van der Waals surface area (Å²) in [6.45, 7) is 1.94. The largest absolute Gasteiger partial charge is 0.494 e. The molecule has 8 heteroatoms. The highest BCUT2D eigenvalue weighted by Gasteiger charge is 2.38. The Kier molecular flexibility index (Phi) is 5.07. The van der Waals surface area contributed by atoms with Crippen molar-refractivity contribution in [3.05, 3.63) is 84.0 Å². The summed E-state index contributed by atoms with van der Waals surface area (Å²) in [5, 5.41) is 14.8. The van der Waals surface area contributed by atoms with Crippen molar-refractivity contribution in [2.45, 2.75) is 31.8 Å². The molecule has 0 aliphatic heterocycles. The molecule has 1 unspecified atom stereocenters. The van der Waals surface area contributed by atoms with E-state index in [9.17, 15) is 5.11 Å². The molecule has 0 saturated heterocycles. The van der Waals surface area contributed by atoms with Gasteiger partial charge < -0.3 is 19.7 Å². The van der Waals surface area contributed by atoms with Gasteiger partial charge in [0.15, 0.2) is 0 Å². The van der Waals surface area contributed by atoms with E-state index in [1.165, 1.54) is 0 Å². The number of ether oxygens (including phenoxy) is 1. The topological polar surface area (TPSA) is 98.0 Å². The average Bonchev–Trinajstić information content (AvgIpc) is 3.26. The van der Waals surface area contributed by atoms with Gasteiger partial charge in [0.1, 0.15) is 11.4 Å². The van der Waals surface area contributed by atoms with Gasteiger partial charge in [-0.05, 0) is 49.9 Å². The van der Waals surface area contributed by atoms with Gasteiger partial charge >= 0.3 is 0 Å². The second-order valence-corrected chi connectivity index (χ2v) is 7.96. The third-order valence-corrected chi connectivity index (χ3v) is 5.81. The van der Waals surface area contributed by atoms with E-state index >= 15 is 0 Å². The van der Waals surface area contributed by atoms with Gasteiger partial charge in [0.25, 0.3) is 0 Å². The van der Waals surface area contributed by atoms with Gasteiger partial charge in [-0.1, -0.05) is 6.07 Å². The van der Waals surface area contributed by atoms with E-state index in [0.29, 0.717) is 23.8 Å². The van der Waals surface area contributed by atoms with Crippen molar-refractivity contribution in [3.63, 3.8) is 0 Å². The van der Waals surface area contributed by atoms with E-state index in [0.717, 1.165) is 41.0 Å². The molecule has 2 N–H and O–H groups in total. The molecule has 0 fully saturated rings. The number of imidazole rings is 1. The van der Waals surface area contributed by atoms with Crippen LogP contribution < -0.4 is 10.1 Å². The highest BCUT2D eigenvalue weighted by atomic mass is 16.5. The zero-order chi connectivity index (χ0) is 22.1. The fraction of sp³-hybridized carbons (Fsp3) is 0.250. The van der Waals surface area contributed by atoms with Crippen LogP contribution in [0.2, 0.25) is 0 Å². The second-order valence-electron chi connectivity index (χ2n) is 7.96. The van der Waals surface area contributed by atoms with Crippen LogP contribution in [0.25, 0.3) is 5.69 Å². The molecule has 3 heterocycles. The van der Waals surface area contributed by atoms with Gasteiger partial charge in [-0.2, -0.15) is 0 Å². The summed E-state index contributed by atoms with van der Waals surface area (Å²) in [5.41, 5.74) is 3.75. The third-order valence-electron chi connectivity index (χ3n) is 5.81. The van der Waals surface area contributed by atoms with E-state index in [4.69, 9.17) is 9.72 Å². The van der Waals surface area contributed by atoms with E-state index in [1.54, 1.807) is 32.0 Å². The fourth-order valence-electron chi connectivity index (χ4n) is 4.20. The SMILES string of the molecule is COc1cc(Nc2ncc3c(n2)C(O)(c2cccnc2)CCC3)ccc1-n1cnc(C)c1. The van der Waals surface area contributed by atoms with Gasteiger partial charge in [0.05, 0.1) is 30.5 Å². The Balaban J connectivity index is 1.48. The number of hydrogen-bond acceptors (Lipinski definition) is 7. The molecule has 0 radical (unpaired) electrons. The van der Waals surface area contributed by atoms with Crippen LogP contribution in [0.3, 0.4) is 0 Å². The first-order chi connectivity index (χ1) is 15.6. The Labute approximate surface area is 186 Å². The molecule has 8 nitrogen and oxygen atoms in total. The van der Waals surface area contributed by atoms with Crippen LogP contribution in [0.15, 0.2) is 61.4 Å². The van der Waals surface area contributed by atoms with Crippen LogP contribution >= 0.6 is 0 Å². The monoisotopic (exact) mass is 428 g/mol. The first-order valence-corrected chi connectivity index (χ1v) is 10.5. The zero-order valence-corrected chi connectivity index (χ0v) is 18.0. The number of anilines is 2. The highest BCUT2D eigenvalue weighted by Crippen LogP contribution is 2.39. The number of hydrogen-bond donors (Lipinski definition) is 2. The summed E-state index contributed by atoms with van der Waals surface area (Å²) in [5.74, 6) is 1.11. The van der Waals surface area contributed by atoms with Crippen molar-refractivity contribution in [3.8, 4) is 11.4 Å². The van der Waals surface area contributed by atoms with Gasteiger partial charge in [0.2, 0.25) is 5.95 Å². The molecular weight excluding hydrogens is 404 g/mol. The molecule has 5 rings (SSSR count). The van der Waals surface area contributed by atoms with Gasteiger partial charge in [0, 0.05) is 42.1 Å². The molecule has 3 aromatic heterocycles. The second kappa shape index (κ2) is 8.05. The normalized spacial score (nSPS) is 17.6. The summed E-state index contributed by atoms with van der Waals surface area (Å²) in [6, 6.07) is 9.49. The van der Waals surface area contributed by atoms with E-state index < -0.39 is 5.60 Å². The minimum Gasteiger partial charge on any atom is -0.494 e. The number of benzene rings is 1. The number of aryl methyl sites for hydroxylation is 2. The maximum absolute atomic E-state index is 11.5. The van der Waals surface area contributed by atoms with Crippen molar-refractivity contribution >= 4 is 11.6 Å². The zero-order valence-electron chi connectivity index (χ0n) is 18.0. The van der Waals surface area contributed by atoms with Crippen LogP contribution in [0.4, 0.5) is 11.6 Å². The molecule has 32 heavy (non-hydrogen) atoms. The molecule has 4 aromatic rings. The first-order valence-electron chi connectivity index (χ1n) is 10.5. The number of fused-ring (bicyclic) bond motifs is 1. The molecule has 162 valence electrons. The smallest absolute Gasteiger partial charge is 0.227 e. The van der Waals surface area contributed by atoms with Crippen LogP contribution in [-0.2, 0) is 12.0 Å². The lowest BCUT2D eigenvalue weighted by molar-refractivity contribution is 0.0563. The number of aromatic nitrogens is 5. The molecule has 1 aliphatic rings. The summed E-state index contributed by atoms with van der Waals surface area (Å²) in [6.07, 6.45) is 11.2. The Morgan fingerprint density at radius 2 is 2.09 bits per heavy atom. The first kappa shape index (κ1) is 20.1. The minimum atomic E-state index is -1.18.